The van der Waals surface area contributed by atoms with E-state index in [1.165, 1.54) is 40.3 Å². The predicted octanol–water partition coefficient (Wildman–Crippen LogP) is 5.63. The van der Waals surface area contributed by atoms with Crippen LogP contribution in [0, 0.1) is 5.82 Å². The lowest BCUT2D eigenvalue weighted by atomic mass is 10.1. The maximum Gasteiger partial charge on any atom is 0.412 e. The van der Waals surface area contributed by atoms with Crippen LogP contribution in [-0.2, 0) is 16.1 Å². The minimum absolute atomic E-state index is 0.0115. The summed E-state index contributed by atoms with van der Waals surface area (Å²) in [5.74, 6) is -0.885. The normalized spacial score (nSPS) is 18.0. The first kappa shape index (κ1) is 27.9. The zero-order chi connectivity index (χ0) is 29.1. The molecule has 2 aromatic heterocycles. The summed E-state index contributed by atoms with van der Waals surface area (Å²) in [6.07, 6.45) is 3.84. The van der Waals surface area contributed by atoms with Gasteiger partial charge in [0.1, 0.15) is 23.8 Å². The predicted molar refractivity (Wildman–Crippen MR) is 158 cm³/mol. The zero-order valence-corrected chi connectivity index (χ0v) is 23.9. The van der Waals surface area contributed by atoms with Crippen LogP contribution < -0.4 is 10.6 Å². The summed E-state index contributed by atoms with van der Waals surface area (Å²) in [6.45, 7) is 0.0115. The van der Waals surface area contributed by atoms with Gasteiger partial charge in [0, 0.05) is 40.1 Å². The molecule has 3 amide bonds. The van der Waals surface area contributed by atoms with E-state index >= 15 is 0 Å². The number of pyridine rings is 1. The summed E-state index contributed by atoms with van der Waals surface area (Å²) >= 11 is 2.52. The van der Waals surface area contributed by atoms with Gasteiger partial charge in [-0.25, -0.2) is 14.2 Å². The minimum atomic E-state index is -0.924. The van der Waals surface area contributed by atoms with E-state index in [-0.39, 0.29) is 29.9 Å². The molecular formula is C30H26FN5O4S2. The second-order valence-corrected chi connectivity index (χ2v) is 11.9. The molecule has 0 spiro atoms. The van der Waals surface area contributed by atoms with Crippen molar-refractivity contribution in [1.29, 1.82) is 0 Å². The van der Waals surface area contributed by atoms with E-state index in [0.29, 0.717) is 16.4 Å². The molecule has 2 aliphatic rings. The Hall–Kier alpha value is -4.29. The molecule has 3 heterocycles. The lowest BCUT2D eigenvalue weighted by Crippen LogP contribution is -2.45. The van der Waals surface area contributed by atoms with Crippen LogP contribution in [0.4, 0.5) is 14.3 Å². The highest BCUT2D eigenvalue weighted by molar-refractivity contribution is 7.99. The average Bonchev–Trinajstić information content (AvgIpc) is 3.51. The van der Waals surface area contributed by atoms with Crippen molar-refractivity contribution in [3.63, 3.8) is 0 Å². The van der Waals surface area contributed by atoms with Gasteiger partial charge in [0.25, 0.3) is 5.91 Å². The molecule has 6 rings (SSSR count). The average molecular weight is 604 g/mol. The molecule has 2 N–H and O–H groups in total. The number of thioether (sulfide) groups is 1. The maximum atomic E-state index is 14.7. The summed E-state index contributed by atoms with van der Waals surface area (Å²) in [5, 5.41) is 7.17. The van der Waals surface area contributed by atoms with Gasteiger partial charge < -0.3 is 15.4 Å². The number of nitrogens with zero attached hydrogens (tertiary/aromatic N) is 3. The lowest BCUT2D eigenvalue weighted by Gasteiger charge is -2.28. The number of nitrogens with one attached hydrogen (secondary N) is 2. The van der Waals surface area contributed by atoms with Crippen molar-refractivity contribution in [3.05, 3.63) is 101 Å². The lowest BCUT2D eigenvalue weighted by molar-refractivity contribution is -0.120. The number of carbonyl (C=O) groups excluding carboxylic acids is 3. The van der Waals surface area contributed by atoms with Crippen molar-refractivity contribution in [2.45, 2.75) is 36.9 Å². The Labute approximate surface area is 249 Å². The minimum Gasteiger partial charge on any atom is -0.444 e. The molecule has 9 nitrogen and oxygen atoms in total. The van der Waals surface area contributed by atoms with Crippen LogP contribution in [-0.4, -0.2) is 50.6 Å². The second-order valence-electron chi connectivity index (χ2n) is 9.90. The number of carbonyl (C=O) groups is 3. The first-order chi connectivity index (χ1) is 20.5. The van der Waals surface area contributed by atoms with Crippen molar-refractivity contribution in [2.24, 2.45) is 0 Å². The number of aromatic nitrogens is 2. The Morgan fingerprint density at radius 3 is 2.57 bits per heavy atom. The molecule has 1 aliphatic carbocycles. The molecule has 1 saturated heterocycles. The highest BCUT2D eigenvalue weighted by atomic mass is 32.2. The third-order valence-corrected chi connectivity index (χ3v) is 8.94. The molecule has 0 radical (unpaired) electrons. The molecule has 2 aromatic carbocycles. The Morgan fingerprint density at radius 1 is 1.05 bits per heavy atom. The number of thiazole rings is 1. The van der Waals surface area contributed by atoms with Crippen molar-refractivity contribution in [3.8, 4) is 11.3 Å². The number of rotatable bonds is 8. The van der Waals surface area contributed by atoms with Crippen molar-refractivity contribution >= 4 is 46.1 Å². The second kappa shape index (κ2) is 12.3. The molecule has 2 fully saturated rings. The van der Waals surface area contributed by atoms with E-state index in [1.54, 1.807) is 17.5 Å². The first-order valence-corrected chi connectivity index (χ1v) is 15.3. The van der Waals surface area contributed by atoms with E-state index in [4.69, 9.17) is 4.74 Å². The Kier molecular flexibility index (Phi) is 8.15. The summed E-state index contributed by atoms with van der Waals surface area (Å²) in [5.41, 5.74) is 3.05. The highest BCUT2D eigenvalue weighted by Gasteiger charge is 2.44. The Balaban J connectivity index is 1.16. The SMILES string of the molecule is O=C(NC1CC1)c1ccc(-c2csc(NC(=O)C3CSC(c4ccncc4F)N3C(=O)OCc3ccccc3)n2)cc1. The van der Waals surface area contributed by atoms with Crippen LogP contribution in [0.5, 0.6) is 0 Å². The zero-order valence-electron chi connectivity index (χ0n) is 22.2. The smallest absolute Gasteiger partial charge is 0.412 e. The van der Waals surface area contributed by atoms with Gasteiger partial charge >= 0.3 is 6.09 Å². The van der Waals surface area contributed by atoms with Crippen molar-refractivity contribution < 1.29 is 23.5 Å². The highest BCUT2D eigenvalue weighted by Crippen LogP contribution is 2.43. The van der Waals surface area contributed by atoms with Crippen molar-refractivity contribution in [2.75, 3.05) is 11.1 Å². The monoisotopic (exact) mass is 603 g/mol. The molecule has 1 saturated carbocycles. The topological polar surface area (TPSA) is 114 Å². The van der Waals surface area contributed by atoms with Gasteiger partial charge in [0.05, 0.1) is 11.9 Å². The first-order valence-electron chi connectivity index (χ1n) is 13.3. The molecule has 214 valence electrons. The van der Waals surface area contributed by atoms with Gasteiger partial charge in [0.2, 0.25) is 5.91 Å². The summed E-state index contributed by atoms with van der Waals surface area (Å²) in [6, 6.07) is 17.2. The van der Waals surface area contributed by atoms with Gasteiger partial charge in [-0.05, 0) is 36.6 Å². The molecular weight excluding hydrogens is 577 g/mol. The Morgan fingerprint density at radius 2 is 1.83 bits per heavy atom. The number of halogens is 1. The van der Waals surface area contributed by atoms with Crippen LogP contribution in [0.2, 0.25) is 0 Å². The number of hydrogen-bond acceptors (Lipinski definition) is 8. The van der Waals surface area contributed by atoms with Gasteiger partial charge in [-0.3, -0.25) is 19.5 Å². The number of anilines is 1. The van der Waals surface area contributed by atoms with Crippen LogP contribution in [0.1, 0.15) is 39.7 Å². The summed E-state index contributed by atoms with van der Waals surface area (Å²) < 4.78 is 20.3. The summed E-state index contributed by atoms with van der Waals surface area (Å²) in [4.78, 5) is 48.7. The molecule has 2 atom stereocenters. The van der Waals surface area contributed by atoms with Crippen LogP contribution in [0.15, 0.2) is 78.4 Å². The standard InChI is InChI=1S/C30H26FN5O4S2/c31-23-14-32-13-12-22(23)28-36(30(39)40-15-18-4-2-1-3-5-18)25(17-41-28)27(38)35-29-34-24(16-42-29)19-6-8-20(9-7-19)26(37)33-21-10-11-21/h1-9,12-14,16,21,25,28H,10-11,15,17H2,(H,33,37)(H,34,35,38). The van der Waals surface area contributed by atoms with Gasteiger partial charge in [-0.15, -0.1) is 23.1 Å². The fraction of sp³-hybridized carbons (Fsp3) is 0.233. The molecule has 0 bridgehead atoms. The summed E-state index contributed by atoms with van der Waals surface area (Å²) in [7, 11) is 0. The van der Waals surface area contributed by atoms with Gasteiger partial charge in [-0.1, -0.05) is 42.5 Å². The van der Waals surface area contributed by atoms with E-state index in [0.717, 1.165) is 30.2 Å². The van der Waals surface area contributed by atoms with E-state index in [1.807, 2.05) is 42.5 Å². The van der Waals surface area contributed by atoms with Gasteiger partial charge in [0.15, 0.2) is 5.13 Å². The third kappa shape index (κ3) is 6.29. The number of hydrogen-bond donors (Lipinski definition) is 2. The van der Waals surface area contributed by atoms with Crippen LogP contribution >= 0.6 is 23.1 Å². The largest absolute Gasteiger partial charge is 0.444 e. The number of benzene rings is 2. The third-order valence-electron chi connectivity index (χ3n) is 6.88. The van der Waals surface area contributed by atoms with Crippen molar-refractivity contribution in [1.82, 2.24) is 20.2 Å². The fourth-order valence-corrected chi connectivity index (χ4v) is 6.66. The van der Waals surface area contributed by atoms with Crippen LogP contribution in [0.25, 0.3) is 11.3 Å². The van der Waals surface area contributed by atoms with Gasteiger partial charge in [-0.2, -0.15) is 0 Å². The molecule has 1 aliphatic heterocycles. The van der Waals surface area contributed by atoms with E-state index in [2.05, 4.69) is 20.6 Å². The quantitative estimate of drug-likeness (QED) is 0.269. The Bertz CT molecular complexity index is 1600. The number of ether oxygens (including phenoxy) is 1. The molecule has 2 unspecified atom stereocenters. The molecule has 4 aromatic rings. The fourth-order valence-electron chi connectivity index (χ4n) is 4.49. The molecule has 42 heavy (non-hydrogen) atoms. The number of amides is 3. The van der Waals surface area contributed by atoms with Crippen LogP contribution in [0.3, 0.4) is 0 Å². The van der Waals surface area contributed by atoms with E-state index in [9.17, 15) is 18.8 Å². The van der Waals surface area contributed by atoms with E-state index < -0.39 is 29.2 Å². The molecule has 12 heteroatoms. The maximum absolute atomic E-state index is 14.7.